The highest BCUT2D eigenvalue weighted by atomic mass is 32.2. The van der Waals surface area contributed by atoms with E-state index in [2.05, 4.69) is 4.18 Å². The highest BCUT2D eigenvalue weighted by Crippen LogP contribution is 2.22. The molecule has 2 aliphatic heterocycles. The van der Waals surface area contributed by atoms with Crippen LogP contribution in [0, 0.1) is 0 Å². The summed E-state index contributed by atoms with van der Waals surface area (Å²) in [4.78, 5) is 0. The van der Waals surface area contributed by atoms with Gasteiger partial charge in [-0.3, -0.25) is 4.18 Å². The molecule has 2 fully saturated rings. The average molecular weight is 342 g/mol. The van der Waals surface area contributed by atoms with Crippen LogP contribution >= 0.6 is 0 Å². The minimum absolute atomic E-state index is 0.0161. The van der Waals surface area contributed by atoms with Crippen LogP contribution in [0.2, 0.25) is 0 Å². The van der Waals surface area contributed by atoms with E-state index in [1.54, 1.807) is 13.8 Å². The van der Waals surface area contributed by atoms with Crippen molar-refractivity contribution in [2.24, 2.45) is 0 Å². The third-order valence-corrected chi connectivity index (χ3v) is 3.37. The molecule has 0 spiro atoms. The van der Waals surface area contributed by atoms with Gasteiger partial charge in [0.2, 0.25) is 0 Å². The van der Waals surface area contributed by atoms with E-state index >= 15 is 0 Å². The van der Waals surface area contributed by atoms with Gasteiger partial charge in [0.15, 0.2) is 11.6 Å². The fourth-order valence-corrected chi connectivity index (χ4v) is 2.30. The lowest BCUT2D eigenvalue weighted by molar-refractivity contribution is -0.142. The molecule has 0 aromatic heterocycles. The zero-order chi connectivity index (χ0) is 17.0. The summed E-state index contributed by atoms with van der Waals surface area (Å²) in [5, 5.41) is 8.59. The lowest BCUT2D eigenvalue weighted by Gasteiger charge is -2.16. The van der Waals surface area contributed by atoms with E-state index in [1.807, 2.05) is 13.8 Å². The van der Waals surface area contributed by atoms with Gasteiger partial charge in [-0.2, -0.15) is 8.42 Å². The van der Waals surface area contributed by atoms with Crippen molar-refractivity contribution in [3.63, 3.8) is 0 Å². The maximum Gasteiger partial charge on any atom is 0.264 e. The van der Waals surface area contributed by atoms with Crippen molar-refractivity contribution >= 4 is 10.1 Å². The SMILES string of the molecule is CC1(C)OCC(CO)O1.CC1(C)OCC(COS(C)(=O)=O)O1. The monoisotopic (exact) mass is 342 g/mol. The van der Waals surface area contributed by atoms with E-state index in [0.29, 0.717) is 13.2 Å². The van der Waals surface area contributed by atoms with Crippen LogP contribution < -0.4 is 0 Å². The minimum atomic E-state index is -3.38. The van der Waals surface area contributed by atoms with Gasteiger partial charge in [0.05, 0.1) is 32.7 Å². The standard InChI is InChI=1S/C7H14O5S.C6H12O3/c1-7(2)10-4-6(12-7)5-11-13(3,8)9;1-6(2)8-4-5(3-7)9-6/h6H,4-5H2,1-3H3;5,7H,3-4H2,1-2H3. The number of hydrogen-bond donors (Lipinski definition) is 1. The van der Waals surface area contributed by atoms with E-state index in [0.717, 1.165) is 6.26 Å². The molecule has 0 amide bonds. The molecule has 0 radical (unpaired) electrons. The largest absolute Gasteiger partial charge is 0.394 e. The second-order valence-corrected chi connectivity index (χ2v) is 7.72. The fraction of sp³-hybridized carbons (Fsp3) is 1.00. The average Bonchev–Trinajstić information content (AvgIpc) is 2.89. The van der Waals surface area contributed by atoms with Crippen molar-refractivity contribution in [3.8, 4) is 0 Å². The Morgan fingerprint density at radius 3 is 1.77 bits per heavy atom. The van der Waals surface area contributed by atoms with Gasteiger partial charge in [-0.25, -0.2) is 0 Å². The van der Waals surface area contributed by atoms with Gasteiger partial charge < -0.3 is 24.1 Å². The Labute approximate surface area is 131 Å². The van der Waals surface area contributed by atoms with E-state index in [1.165, 1.54) is 0 Å². The van der Waals surface area contributed by atoms with Crippen molar-refractivity contribution in [1.82, 2.24) is 0 Å². The van der Waals surface area contributed by atoms with Crippen molar-refractivity contribution < 1.29 is 36.7 Å². The molecule has 0 aromatic carbocycles. The van der Waals surface area contributed by atoms with Crippen LogP contribution in [0.3, 0.4) is 0 Å². The molecule has 2 atom stereocenters. The van der Waals surface area contributed by atoms with Crippen LogP contribution in [0.4, 0.5) is 0 Å². The van der Waals surface area contributed by atoms with Crippen molar-refractivity contribution in [2.45, 2.75) is 51.5 Å². The molecule has 2 rings (SSSR count). The first-order valence-corrected chi connectivity index (χ1v) is 8.83. The molecule has 2 heterocycles. The number of hydrogen-bond acceptors (Lipinski definition) is 8. The first-order valence-electron chi connectivity index (χ1n) is 7.01. The van der Waals surface area contributed by atoms with Gasteiger partial charge in [0.1, 0.15) is 12.2 Å². The fourth-order valence-electron chi connectivity index (χ4n) is 1.90. The molecule has 2 unspecified atom stereocenters. The molecule has 8 nitrogen and oxygen atoms in total. The Bertz CT molecular complexity index is 445. The van der Waals surface area contributed by atoms with Crippen molar-refractivity contribution in [1.29, 1.82) is 0 Å². The van der Waals surface area contributed by atoms with Crippen LogP contribution in [0.25, 0.3) is 0 Å². The highest BCUT2D eigenvalue weighted by molar-refractivity contribution is 7.85. The van der Waals surface area contributed by atoms with E-state index in [-0.39, 0.29) is 25.4 Å². The Hall–Kier alpha value is -0.290. The van der Waals surface area contributed by atoms with E-state index in [9.17, 15) is 8.42 Å². The zero-order valence-electron chi connectivity index (χ0n) is 13.7. The van der Waals surface area contributed by atoms with Gasteiger partial charge in [-0.1, -0.05) is 0 Å². The number of rotatable bonds is 4. The van der Waals surface area contributed by atoms with Crippen molar-refractivity contribution in [3.05, 3.63) is 0 Å². The Morgan fingerprint density at radius 1 is 1.05 bits per heavy atom. The minimum Gasteiger partial charge on any atom is -0.394 e. The Kier molecular flexibility index (Phi) is 6.75. The van der Waals surface area contributed by atoms with Crippen LogP contribution in [0.15, 0.2) is 0 Å². The predicted octanol–water partition coefficient (Wildman–Crippen LogP) is 0.244. The lowest BCUT2D eigenvalue weighted by Crippen LogP contribution is -2.24. The molecule has 132 valence electrons. The number of aliphatic hydroxyl groups is 1. The summed E-state index contributed by atoms with van der Waals surface area (Å²) in [6.07, 6.45) is 0.582. The first kappa shape index (κ1) is 19.8. The summed E-state index contributed by atoms with van der Waals surface area (Å²) < 4.78 is 46.8. The van der Waals surface area contributed by atoms with Crippen molar-refractivity contribution in [2.75, 3.05) is 32.7 Å². The van der Waals surface area contributed by atoms with E-state index in [4.69, 9.17) is 24.1 Å². The van der Waals surface area contributed by atoms with Gasteiger partial charge in [-0.15, -0.1) is 0 Å². The third-order valence-electron chi connectivity index (χ3n) is 2.81. The second kappa shape index (κ2) is 7.52. The summed E-state index contributed by atoms with van der Waals surface area (Å²) in [5.74, 6) is -1.13. The summed E-state index contributed by atoms with van der Waals surface area (Å²) >= 11 is 0. The summed E-state index contributed by atoms with van der Waals surface area (Å²) in [5.41, 5.74) is 0. The normalized spacial score (nSPS) is 29.9. The van der Waals surface area contributed by atoms with Gasteiger partial charge in [0.25, 0.3) is 10.1 Å². The molecule has 0 aliphatic carbocycles. The molecular formula is C13H26O8S. The second-order valence-electron chi connectivity index (χ2n) is 6.07. The quantitative estimate of drug-likeness (QED) is 0.726. The maximum atomic E-state index is 10.6. The Balaban J connectivity index is 0.000000235. The molecule has 9 heteroatoms. The summed E-state index contributed by atoms with van der Waals surface area (Å²) in [6.45, 7) is 8.14. The summed E-state index contributed by atoms with van der Waals surface area (Å²) in [7, 11) is -3.38. The van der Waals surface area contributed by atoms with Gasteiger partial charge >= 0.3 is 0 Å². The smallest absolute Gasteiger partial charge is 0.264 e. The topological polar surface area (TPSA) is 101 Å². The van der Waals surface area contributed by atoms with Gasteiger partial charge in [0, 0.05) is 0 Å². The molecular weight excluding hydrogens is 316 g/mol. The lowest BCUT2D eigenvalue weighted by atomic mass is 10.4. The molecule has 2 aliphatic rings. The van der Waals surface area contributed by atoms with Crippen LogP contribution in [-0.4, -0.2) is 70.0 Å². The van der Waals surface area contributed by atoms with E-state index < -0.39 is 21.7 Å². The molecule has 0 aromatic rings. The Morgan fingerprint density at radius 2 is 1.50 bits per heavy atom. The molecule has 22 heavy (non-hydrogen) atoms. The first-order chi connectivity index (χ1) is 9.92. The van der Waals surface area contributed by atoms with Crippen LogP contribution in [0.1, 0.15) is 27.7 Å². The zero-order valence-corrected chi connectivity index (χ0v) is 14.5. The van der Waals surface area contributed by atoms with Gasteiger partial charge in [-0.05, 0) is 27.7 Å². The molecule has 2 saturated heterocycles. The third kappa shape index (κ3) is 7.82. The predicted molar refractivity (Wildman–Crippen MR) is 77.7 cm³/mol. The van der Waals surface area contributed by atoms with Crippen LogP contribution in [0.5, 0.6) is 0 Å². The highest BCUT2D eigenvalue weighted by Gasteiger charge is 2.33. The number of aliphatic hydroxyl groups excluding tert-OH is 1. The summed E-state index contributed by atoms with van der Waals surface area (Å²) in [6, 6.07) is 0. The molecule has 0 bridgehead atoms. The maximum absolute atomic E-state index is 10.6. The number of ether oxygens (including phenoxy) is 4. The molecule has 1 N–H and O–H groups in total. The van der Waals surface area contributed by atoms with Crippen LogP contribution in [-0.2, 0) is 33.2 Å². The molecule has 0 saturated carbocycles.